The van der Waals surface area contributed by atoms with Crippen molar-refractivity contribution in [2.75, 3.05) is 33.2 Å². The highest BCUT2D eigenvalue weighted by atomic mass is 16.4. The molecule has 0 aromatic carbocycles. The number of carbonyl (C=O) groups excluding carboxylic acids is 1. The summed E-state index contributed by atoms with van der Waals surface area (Å²) in [6.07, 6.45) is 0.895. The molecule has 0 saturated carbocycles. The molecule has 2 N–H and O–H groups in total. The number of likely N-dealkylation sites (tertiary alicyclic amines) is 1. The molecule has 2 atom stereocenters. The molecule has 0 unspecified atom stereocenters. The monoisotopic (exact) mass is 285 g/mol. The smallest absolute Gasteiger partial charge is 0.317 e. The van der Waals surface area contributed by atoms with Crippen LogP contribution in [-0.2, 0) is 4.79 Å². The van der Waals surface area contributed by atoms with Crippen LogP contribution in [0.3, 0.4) is 0 Å². The van der Waals surface area contributed by atoms with Crippen molar-refractivity contribution in [3.05, 3.63) is 0 Å². The molecule has 1 rings (SSSR count). The average Bonchev–Trinajstić information content (AvgIpc) is 2.76. The van der Waals surface area contributed by atoms with Crippen molar-refractivity contribution < 1.29 is 14.7 Å². The van der Waals surface area contributed by atoms with Crippen LogP contribution in [0.4, 0.5) is 4.79 Å². The first kappa shape index (κ1) is 16.8. The Kier molecular flexibility index (Phi) is 6.26. The molecule has 1 saturated heterocycles. The predicted molar refractivity (Wildman–Crippen MR) is 77.6 cm³/mol. The van der Waals surface area contributed by atoms with Gasteiger partial charge < -0.3 is 20.2 Å². The van der Waals surface area contributed by atoms with Gasteiger partial charge in [0.15, 0.2) is 0 Å². The number of hydrogen-bond donors (Lipinski definition) is 2. The minimum atomic E-state index is -0.814. The van der Waals surface area contributed by atoms with Crippen LogP contribution >= 0.6 is 0 Å². The van der Waals surface area contributed by atoms with E-state index in [4.69, 9.17) is 5.11 Å². The van der Waals surface area contributed by atoms with Gasteiger partial charge in [0.25, 0.3) is 0 Å². The van der Waals surface area contributed by atoms with Gasteiger partial charge in [0.2, 0.25) is 0 Å². The van der Waals surface area contributed by atoms with Gasteiger partial charge in [0.1, 0.15) is 0 Å². The van der Waals surface area contributed by atoms with Crippen molar-refractivity contribution in [1.29, 1.82) is 0 Å². The minimum Gasteiger partial charge on any atom is -0.481 e. The van der Waals surface area contributed by atoms with Crippen molar-refractivity contribution >= 4 is 12.0 Å². The standard InChI is InChI=1S/C14H27N3O3/c1-10(2)16(4)7-5-6-15-14(20)17-8-11(3)12(9-17)13(18)19/h10-12H,5-9H2,1-4H3,(H,15,20)(H,18,19)/t11-,12-/m1/s1. The first-order valence-corrected chi connectivity index (χ1v) is 7.28. The molecule has 1 aliphatic heterocycles. The third kappa shape index (κ3) is 4.67. The van der Waals surface area contributed by atoms with Gasteiger partial charge in [0.05, 0.1) is 5.92 Å². The Hall–Kier alpha value is -1.30. The number of rotatable bonds is 6. The molecule has 1 fully saturated rings. The molecule has 0 bridgehead atoms. The lowest BCUT2D eigenvalue weighted by Gasteiger charge is -2.21. The number of carboxylic acid groups (broad SMARTS) is 1. The molecule has 0 aliphatic carbocycles. The summed E-state index contributed by atoms with van der Waals surface area (Å²) in [6.45, 7) is 8.55. The molecule has 2 amide bonds. The van der Waals surface area contributed by atoms with Crippen LogP contribution in [0.25, 0.3) is 0 Å². The number of carboxylic acids is 1. The molecule has 0 spiro atoms. The first-order valence-electron chi connectivity index (χ1n) is 7.28. The maximum Gasteiger partial charge on any atom is 0.317 e. The number of nitrogens with one attached hydrogen (secondary N) is 1. The van der Waals surface area contributed by atoms with Crippen molar-refractivity contribution in [3.63, 3.8) is 0 Å². The summed E-state index contributed by atoms with van der Waals surface area (Å²) >= 11 is 0. The molecule has 20 heavy (non-hydrogen) atoms. The molecule has 116 valence electrons. The zero-order valence-electron chi connectivity index (χ0n) is 12.9. The zero-order valence-corrected chi connectivity index (χ0v) is 12.9. The van der Waals surface area contributed by atoms with E-state index in [-0.39, 0.29) is 11.9 Å². The van der Waals surface area contributed by atoms with Crippen LogP contribution in [0, 0.1) is 11.8 Å². The number of urea groups is 1. The number of amides is 2. The van der Waals surface area contributed by atoms with Crippen molar-refractivity contribution in [2.24, 2.45) is 11.8 Å². The molecule has 6 heteroatoms. The van der Waals surface area contributed by atoms with E-state index in [9.17, 15) is 9.59 Å². The third-order valence-electron chi connectivity index (χ3n) is 4.06. The third-order valence-corrected chi connectivity index (χ3v) is 4.06. The lowest BCUT2D eigenvalue weighted by atomic mass is 9.99. The molecule has 1 aliphatic rings. The second-order valence-electron chi connectivity index (χ2n) is 5.99. The number of aliphatic carboxylic acids is 1. The van der Waals surface area contributed by atoms with E-state index in [0.29, 0.717) is 25.7 Å². The van der Waals surface area contributed by atoms with Crippen molar-refractivity contribution in [1.82, 2.24) is 15.1 Å². The maximum absolute atomic E-state index is 11.9. The Morgan fingerprint density at radius 1 is 1.40 bits per heavy atom. The Bertz CT molecular complexity index is 347. The molecular formula is C14H27N3O3. The second kappa shape index (κ2) is 7.47. The fourth-order valence-electron chi connectivity index (χ4n) is 2.35. The normalized spacial score (nSPS) is 22.6. The van der Waals surface area contributed by atoms with Crippen LogP contribution in [0.15, 0.2) is 0 Å². The molecule has 0 aromatic heterocycles. The van der Waals surface area contributed by atoms with E-state index in [1.807, 2.05) is 6.92 Å². The molecule has 0 aromatic rings. The second-order valence-corrected chi connectivity index (χ2v) is 5.99. The summed E-state index contributed by atoms with van der Waals surface area (Å²) in [7, 11) is 2.06. The largest absolute Gasteiger partial charge is 0.481 e. The van der Waals surface area contributed by atoms with E-state index in [1.54, 1.807) is 4.90 Å². The highest BCUT2D eigenvalue weighted by Gasteiger charge is 2.36. The van der Waals surface area contributed by atoms with E-state index in [1.165, 1.54) is 0 Å². The highest BCUT2D eigenvalue weighted by Crippen LogP contribution is 2.22. The Morgan fingerprint density at radius 3 is 2.55 bits per heavy atom. The highest BCUT2D eigenvalue weighted by molar-refractivity contribution is 5.77. The SMILES string of the molecule is CC(C)N(C)CCCNC(=O)N1C[C@@H](C)[C@H](C(=O)O)C1. The van der Waals surface area contributed by atoms with Gasteiger partial charge in [-0.3, -0.25) is 4.79 Å². The van der Waals surface area contributed by atoms with Crippen molar-refractivity contribution in [2.45, 2.75) is 33.2 Å². The van der Waals surface area contributed by atoms with Gasteiger partial charge >= 0.3 is 12.0 Å². The van der Waals surface area contributed by atoms with Crippen LogP contribution < -0.4 is 5.32 Å². The van der Waals surface area contributed by atoms with Gasteiger partial charge in [-0.15, -0.1) is 0 Å². The molecule has 1 heterocycles. The van der Waals surface area contributed by atoms with Crippen LogP contribution in [0.5, 0.6) is 0 Å². The maximum atomic E-state index is 11.9. The quantitative estimate of drug-likeness (QED) is 0.716. The lowest BCUT2D eigenvalue weighted by molar-refractivity contribution is -0.142. The van der Waals surface area contributed by atoms with E-state index in [2.05, 4.69) is 31.1 Å². The minimum absolute atomic E-state index is 0.0188. The summed E-state index contributed by atoms with van der Waals surface area (Å²) in [5.74, 6) is -1.23. The fourth-order valence-corrected chi connectivity index (χ4v) is 2.35. The summed E-state index contributed by atoms with van der Waals surface area (Å²) < 4.78 is 0. The lowest BCUT2D eigenvalue weighted by Crippen LogP contribution is -2.40. The first-order chi connectivity index (χ1) is 9.32. The summed E-state index contributed by atoms with van der Waals surface area (Å²) in [4.78, 5) is 26.8. The Morgan fingerprint density at radius 2 is 2.05 bits per heavy atom. The van der Waals surface area contributed by atoms with Crippen LogP contribution in [-0.4, -0.2) is 66.2 Å². The molecule has 6 nitrogen and oxygen atoms in total. The molecule has 0 radical (unpaired) electrons. The van der Waals surface area contributed by atoms with E-state index < -0.39 is 11.9 Å². The zero-order chi connectivity index (χ0) is 15.3. The average molecular weight is 285 g/mol. The summed E-state index contributed by atoms with van der Waals surface area (Å²) in [5.41, 5.74) is 0. The van der Waals surface area contributed by atoms with Crippen molar-refractivity contribution in [3.8, 4) is 0 Å². The summed E-state index contributed by atoms with van der Waals surface area (Å²) in [5, 5.41) is 11.9. The Labute approximate surface area is 121 Å². The molecular weight excluding hydrogens is 258 g/mol. The topological polar surface area (TPSA) is 72.9 Å². The van der Waals surface area contributed by atoms with Gasteiger partial charge in [-0.2, -0.15) is 0 Å². The number of hydrogen-bond acceptors (Lipinski definition) is 3. The predicted octanol–water partition coefficient (Wildman–Crippen LogP) is 1.08. The Balaban J connectivity index is 2.26. The van der Waals surface area contributed by atoms with Gasteiger partial charge in [-0.25, -0.2) is 4.79 Å². The van der Waals surface area contributed by atoms with Gasteiger partial charge in [-0.1, -0.05) is 6.92 Å². The van der Waals surface area contributed by atoms with Crippen LogP contribution in [0.1, 0.15) is 27.2 Å². The number of carbonyl (C=O) groups is 2. The van der Waals surface area contributed by atoms with Gasteiger partial charge in [-0.05, 0) is 39.8 Å². The van der Waals surface area contributed by atoms with Gasteiger partial charge in [0, 0.05) is 25.7 Å². The van der Waals surface area contributed by atoms with Crippen LogP contribution in [0.2, 0.25) is 0 Å². The fraction of sp³-hybridized carbons (Fsp3) is 0.857. The number of nitrogens with zero attached hydrogens (tertiary/aromatic N) is 2. The van der Waals surface area contributed by atoms with E-state index >= 15 is 0 Å². The summed E-state index contributed by atoms with van der Waals surface area (Å²) in [6, 6.07) is 0.356. The van der Waals surface area contributed by atoms with E-state index in [0.717, 1.165) is 13.0 Å².